The largest absolute Gasteiger partial charge is 1.00 e. The van der Waals surface area contributed by atoms with Gasteiger partial charge in [0.2, 0.25) is 0 Å². The van der Waals surface area contributed by atoms with E-state index in [2.05, 4.69) is 46.7 Å². The van der Waals surface area contributed by atoms with Crippen LogP contribution in [0, 0.1) is 6.07 Å². The Labute approximate surface area is 248 Å². The van der Waals surface area contributed by atoms with Gasteiger partial charge in [-0.3, -0.25) is 14.6 Å². The van der Waals surface area contributed by atoms with Crippen molar-refractivity contribution < 1.29 is 49.0 Å². The molecule has 1 saturated heterocycles. The molecule has 0 spiro atoms. The van der Waals surface area contributed by atoms with E-state index in [1.54, 1.807) is 12.1 Å². The Bertz CT molecular complexity index is 1450. The number of carboxylic acids is 1. The number of carbonyl (C=O) groups is 2. The molecule has 2 N–H and O–H groups in total. The van der Waals surface area contributed by atoms with Crippen molar-refractivity contribution in [3.8, 4) is 5.75 Å². The average Bonchev–Trinajstić information content (AvgIpc) is 3.23. The fraction of sp³-hybridized carbons (Fsp3) is 0.100. The van der Waals surface area contributed by atoms with Crippen molar-refractivity contribution in [2.24, 2.45) is 4.99 Å². The Morgan fingerprint density at radius 3 is 2.34 bits per heavy atom. The van der Waals surface area contributed by atoms with Gasteiger partial charge in [0.05, 0.1) is 11.5 Å². The maximum atomic E-state index is 12.6. The molecule has 4 aromatic rings. The van der Waals surface area contributed by atoms with Gasteiger partial charge in [0.1, 0.15) is 5.75 Å². The summed E-state index contributed by atoms with van der Waals surface area (Å²) in [6.45, 7) is 1.63. The van der Waals surface area contributed by atoms with E-state index in [1.165, 1.54) is 17.3 Å². The normalized spacial score (nSPS) is 14.4. The molecule has 5 rings (SSSR count). The molecule has 4 aromatic carbocycles. The standard InChI is InChI=1S/C28H21N2O2S.C2H4O2.Na/c31-27-26(33-28(30-27)29-24-13-5-2-6-14-24)19-23-17-21-11-7-8-12-22(21)18-25(23)32-16-15-20-9-3-1-4-10-20;1-2(3)4;/h1,3-14,17-19H,15-16H2,(H,29,30,31);1H3,(H,3,4);/q-1;;+1/b26-19+;;. The SMILES string of the molecule is CC(=O)O.O=C1NC(=Nc2cc[c-]cc2)S/C1=C/c1cc2ccccc2cc1OCCc1ccccc1.[Na+]. The summed E-state index contributed by atoms with van der Waals surface area (Å²) in [6, 6.07) is 32.8. The third-order valence-electron chi connectivity index (χ3n) is 5.24. The summed E-state index contributed by atoms with van der Waals surface area (Å²) in [5, 5.41) is 13.0. The van der Waals surface area contributed by atoms with Gasteiger partial charge in [-0.25, -0.2) is 0 Å². The molecule has 6 nitrogen and oxygen atoms in total. The monoisotopic (exact) mass is 532 g/mol. The number of rotatable bonds is 6. The van der Waals surface area contributed by atoms with Crippen molar-refractivity contribution in [2.45, 2.75) is 13.3 Å². The molecule has 0 unspecified atom stereocenters. The van der Waals surface area contributed by atoms with Crippen LogP contribution in [-0.4, -0.2) is 28.8 Å². The number of hydrogen-bond acceptors (Lipinski definition) is 5. The number of thioether (sulfide) groups is 1. The maximum Gasteiger partial charge on any atom is 1.00 e. The quantitative estimate of drug-likeness (QED) is 0.226. The number of aliphatic carboxylic acids is 1. The topological polar surface area (TPSA) is 88.0 Å². The Morgan fingerprint density at radius 2 is 1.66 bits per heavy atom. The number of fused-ring (bicyclic) bond motifs is 1. The number of aliphatic imine (C=N–C) groups is 1. The van der Waals surface area contributed by atoms with Gasteiger partial charge in [-0.1, -0.05) is 54.6 Å². The molecule has 0 saturated carbocycles. The molecule has 0 aromatic heterocycles. The Balaban J connectivity index is 0.000000749. The Morgan fingerprint density at radius 1 is 1.03 bits per heavy atom. The van der Waals surface area contributed by atoms with Crippen LogP contribution in [0.4, 0.5) is 5.69 Å². The number of amidine groups is 1. The van der Waals surface area contributed by atoms with Gasteiger partial charge in [-0.2, -0.15) is 18.2 Å². The van der Waals surface area contributed by atoms with E-state index < -0.39 is 5.97 Å². The van der Waals surface area contributed by atoms with Crippen LogP contribution in [0.1, 0.15) is 18.1 Å². The minimum absolute atomic E-state index is 0. The second-order valence-corrected chi connectivity index (χ2v) is 9.11. The van der Waals surface area contributed by atoms with Gasteiger partial charge in [-0.15, -0.1) is 12.1 Å². The molecule has 1 fully saturated rings. The van der Waals surface area contributed by atoms with Crippen molar-refractivity contribution in [2.75, 3.05) is 6.61 Å². The summed E-state index contributed by atoms with van der Waals surface area (Å²) in [5.74, 6) is -0.237. The zero-order valence-corrected chi connectivity index (χ0v) is 24.0. The van der Waals surface area contributed by atoms with Crippen LogP contribution in [0.5, 0.6) is 5.75 Å². The number of benzene rings is 4. The summed E-state index contributed by atoms with van der Waals surface area (Å²) < 4.78 is 6.20. The molecule has 38 heavy (non-hydrogen) atoms. The molecule has 0 bridgehead atoms. The van der Waals surface area contributed by atoms with Crippen molar-refractivity contribution in [3.63, 3.8) is 0 Å². The van der Waals surface area contributed by atoms with E-state index >= 15 is 0 Å². The summed E-state index contributed by atoms with van der Waals surface area (Å²) >= 11 is 1.33. The van der Waals surface area contributed by atoms with E-state index in [0.29, 0.717) is 16.7 Å². The fourth-order valence-electron chi connectivity index (χ4n) is 3.59. The third kappa shape index (κ3) is 8.60. The first-order valence-corrected chi connectivity index (χ1v) is 12.4. The second kappa shape index (κ2) is 14.5. The first-order valence-electron chi connectivity index (χ1n) is 11.6. The zero-order chi connectivity index (χ0) is 26.0. The maximum absolute atomic E-state index is 12.6. The first-order chi connectivity index (χ1) is 18.0. The number of carboxylic acid groups (broad SMARTS) is 1. The van der Waals surface area contributed by atoms with Gasteiger partial charge in [0, 0.05) is 18.9 Å². The third-order valence-corrected chi connectivity index (χ3v) is 6.15. The molecular formula is C30H25N2NaO4S. The smallest absolute Gasteiger partial charge is 0.493 e. The number of hydrogen-bond donors (Lipinski definition) is 2. The zero-order valence-electron chi connectivity index (χ0n) is 21.2. The van der Waals surface area contributed by atoms with E-state index in [4.69, 9.17) is 14.6 Å². The van der Waals surface area contributed by atoms with Gasteiger partial charge in [0.25, 0.3) is 11.9 Å². The van der Waals surface area contributed by atoms with Crippen LogP contribution < -0.4 is 39.6 Å². The fourth-order valence-corrected chi connectivity index (χ4v) is 4.42. The molecule has 1 aliphatic heterocycles. The minimum Gasteiger partial charge on any atom is -0.493 e. The molecule has 1 aliphatic rings. The molecule has 0 aliphatic carbocycles. The second-order valence-electron chi connectivity index (χ2n) is 8.08. The molecule has 0 atom stereocenters. The van der Waals surface area contributed by atoms with Crippen LogP contribution in [0.2, 0.25) is 0 Å². The van der Waals surface area contributed by atoms with Crippen molar-refractivity contribution in [1.29, 1.82) is 0 Å². The van der Waals surface area contributed by atoms with Crippen LogP contribution in [0.15, 0.2) is 101 Å². The predicted octanol–water partition coefficient (Wildman–Crippen LogP) is 3.25. The van der Waals surface area contributed by atoms with E-state index in [1.807, 2.05) is 54.6 Å². The average molecular weight is 533 g/mol. The summed E-state index contributed by atoms with van der Waals surface area (Å²) in [4.78, 5) is 26.7. The van der Waals surface area contributed by atoms with Gasteiger partial charge in [0.15, 0.2) is 5.17 Å². The van der Waals surface area contributed by atoms with Crippen molar-refractivity contribution >= 4 is 51.3 Å². The van der Waals surface area contributed by atoms with Gasteiger partial charge in [-0.05, 0) is 52.0 Å². The summed E-state index contributed by atoms with van der Waals surface area (Å²) in [7, 11) is 0. The number of ether oxygens (including phenoxy) is 1. The van der Waals surface area contributed by atoms with E-state index in [9.17, 15) is 4.79 Å². The number of amides is 1. The minimum atomic E-state index is -0.833. The molecular weight excluding hydrogens is 507 g/mol. The van der Waals surface area contributed by atoms with Crippen LogP contribution in [0.3, 0.4) is 0 Å². The molecule has 8 heteroatoms. The molecule has 0 radical (unpaired) electrons. The van der Waals surface area contributed by atoms with Crippen molar-refractivity contribution in [3.05, 3.63) is 113 Å². The van der Waals surface area contributed by atoms with Crippen molar-refractivity contribution in [1.82, 2.24) is 5.32 Å². The number of nitrogens with zero attached hydrogens (tertiary/aromatic N) is 1. The molecule has 1 amide bonds. The molecule has 1 heterocycles. The van der Waals surface area contributed by atoms with Crippen LogP contribution >= 0.6 is 11.8 Å². The number of carbonyl (C=O) groups excluding carboxylic acids is 1. The van der Waals surface area contributed by atoms with E-state index in [-0.39, 0.29) is 35.5 Å². The van der Waals surface area contributed by atoms with Crippen LogP contribution in [-0.2, 0) is 16.0 Å². The molecule has 186 valence electrons. The number of nitrogens with one attached hydrogen (secondary N) is 1. The van der Waals surface area contributed by atoms with Crippen LogP contribution in [0.25, 0.3) is 16.8 Å². The van der Waals surface area contributed by atoms with Gasteiger partial charge < -0.3 is 15.2 Å². The summed E-state index contributed by atoms with van der Waals surface area (Å²) in [6.07, 6.45) is 2.69. The summed E-state index contributed by atoms with van der Waals surface area (Å²) in [5.41, 5.74) is 2.87. The Hall–Kier alpha value is -3.36. The Kier molecular flexibility index (Phi) is 11.2. The predicted molar refractivity (Wildman–Crippen MR) is 149 cm³/mol. The first kappa shape index (κ1) is 29.2. The van der Waals surface area contributed by atoms with Gasteiger partial charge >= 0.3 is 29.6 Å². The van der Waals surface area contributed by atoms with E-state index in [0.717, 1.165) is 41.1 Å².